The van der Waals surface area contributed by atoms with Gasteiger partial charge in [-0.15, -0.1) is 0 Å². The lowest BCUT2D eigenvalue weighted by Gasteiger charge is -2.19. The summed E-state index contributed by atoms with van der Waals surface area (Å²) in [5.41, 5.74) is 1.33. The third-order valence-electron chi connectivity index (χ3n) is 2.67. The summed E-state index contributed by atoms with van der Waals surface area (Å²) in [5.74, 6) is -1.07. The fraction of sp³-hybridized carbons (Fsp3) is 0.333. The Kier molecular flexibility index (Phi) is 6.42. The predicted octanol–water partition coefficient (Wildman–Crippen LogP) is 2.12. The first-order valence-electron chi connectivity index (χ1n) is 6.49. The van der Waals surface area contributed by atoms with E-state index in [2.05, 4.69) is 11.9 Å². The second-order valence-electron chi connectivity index (χ2n) is 4.62. The zero-order valence-corrected chi connectivity index (χ0v) is 12.3. The molecular weight excluding hydrogens is 272 g/mol. The number of amides is 2. The molecule has 0 radical (unpaired) electrons. The molecule has 1 rings (SSSR count). The molecule has 2 amide bonds. The number of benzene rings is 1. The van der Waals surface area contributed by atoms with Crippen molar-refractivity contribution >= 4 is 17.7 Å². The van der Waals surface area contributed by atoms with Crippen LogP contribution in [-0.4, -0.2) is 43.9 Å². The SMILES string of the molecule is C=C(C)COCCNC(=O)N(C)c1ccccc1C(=O)O. The minimum absolute atomic E-state index is 0.0775. The topological polar surface area (TPSA) is 78.9 Å². The average molecular weight is 292 g/mol. The number of hydrogen-bond acceptors (Lipinski definition) is 3. The second-order valence-corrected chi connectivity index (χ2v) is 4.62. The Morgan fingerprint density at radius 3 is 2.67 bits per heavy atom. The molecule has 114 valence electrons. The highest BCUT2D eigenvalue weighted by Crippen LogP contribution is 2.18. The van der Waals surface area contributed by atoms with Crippen LogP contribution in [0, 0.1) is 0 Å². The molecule has 1 aromatic carbocycles. The van der Waals surface area contributed by atoms with Crippen LogP contribution >= 0.6 is 0 Å². The maximum Gasteiger partial charge on any atom is 0.337 e. The van der Waals surface area contributed by atoms with Crippen LogP contribution in [0.2, 0.25) is 0 Å². The molecule has 0 heterocycles. The largest absolute Gasteiger partial charge is 0.478 e. The molecule has 0 atom stereocenters. The highest BCUT2D eigenvalue weighted by atomic mass is 16.5. The Morgan fingerprint density at radius 2 is 2.05 bits per heavy atom. The number of para-hydroxylation sites is 1. The fourth-order valence-electron chi connectivity index (χ4n) is 1.65. The zero-order valence-electron chi connectivity index (χ0n) is 12.3. The van der Waals surface area contributed by atoms with Gasteiger partial charge >= 0.3 is 12.0 Å². The Morgan fingerprint density at radius 1 is 1.38 bits per heavy atom. The molecule has 2 N–H and O–H groups in total. The lowest BCUT2D eigenvalue weighted by atomic mass is 10.1. The van der Waals surface area contributed by atoms with Crippen LogP contribution in [0.25, 0.3) is 0 Å². The van der Waals surface area contributed by atoms with Gasteiger partial charge in [0.15, 0.2) is 0 Å². The summed E-state index contributed by atoms with van der Waals surface area (Å²) in [6.45, 7) is 6.72. The van der Waals surface area contributed by atoms with Crippen molar-refractivity contribution in [2.75, 3.05) is 31.7 Å². The molecule has 6 nitrogen and oxygen atoms in total. The lowest BCUT2D eigenvalue weighted by Crippen LogP contribution is -2.39. The van der Waals surface area contributed by atoms with E-state index >= 15 is 0 Å². The van der Waals surface area contributed by atoms with Crippen LogP contribution < -0.4 is 10.2 Å². The van der Waals surface area contributed by atoms with Gasteiger partial charge in [-0.2, -0.15) is 0 Å². The molecule has 0 aliphatic carbocycles. The molecular formula is C15H20N2O4. The third-order valence-corrected chi connectivity index (χ3v) is 2.67. The van der Waals surface area contributed by atoms with E-state index in [4.69, 9.17) is 9.84 Å². The van der Waals surface area contributed by atoms with Gasteiger partial charge in [-0.25, -0.2) is 9.59 Å². The van der Waals surface area contributed by atoms with Gasteiger partial charge in [0, 0.05) is 13.6 Å². The van der Waals surface area contributed by atoms with Crippen molar-refractivity contribution in [2.45, 2.75) is 6.92 Å². The predicted molar refractivity (Wildman–Crippen MR) is 80.8 cm³/mol. The molecule has 0 aliphatic heterocycles. The zero-order chi connectivity index (χ0) is 15.8. The van der Waals surface area contributed by atoms with E-state index in [0.717, 1.165) is 5.57 Å². The molecule has 0 fully saturated rings. The van der Waals surface area contributed by atoms with Crippen LogP contribution in [0.1, 0.15) is 17.3 Å². The first-order chi connectivity index (χ1) is 9.93. The molecule has 0 unspecified atom stereocenters. The van der Waals surface area contributed by atoms with E-state index in [1.54, 1.807) is 18.2 Å². The number of rotatable bonds is 7. The van der Waals surface area contributed by atoms with E-state index in [0.29, 0.717) is 25.4 Å². The summed E-state index contributed by atoms with van der Waals surface area (Å²) in [5, 5.41) is 11.8. The van der Waals surface area contributed by atoms with Crippen molar-refractivity contribution in [3.63, 3.8) is 0 Å². The summed E-state index contributed by atoms with van der Waals surface area (Å²) in [7, 11) is 1.52. The van der Waals surface area contributed by atoms with Crippen LogP contribution in [0.4, 0.5) is 10.5 Å². The number of urea groups is 1. The molecule has 1 aromatic rings. The molecule has 6 heteroatoms. The van der Waals surface area contributed by atoms with Crippen LogP contribution in [0.3, 0.4) is 0 Å². The molecule has 21 heavy (non-hydrogen) atoms. The van der Waals surface area contributed by atoms with Gasteiger partial charge < -0.3 is 15.2 Å². The van der Waals surface area contributed by atoms with Crippen molar-refractivity contribution in [1.82, 2.24) is 5.32 Å². The number of nitrogens with one attached hydrogen (secondary N) is 1. The summed E-state index contributed by atoms with van der Waals surface area (Å²) < 4.78 is 5.27. The van der Waals surface area contributed by atoms with Crippen molar-refractivity contribution in [1.29, 1.82) is 0 Å². The number of anilines is 1. The van der Waals surface area contributed by atoms with Gasteiger partial charge in [0.2, 0.25) is 0 Å². The van der Waals surface area contributed by atoms with Gasteiger partial charge in [-0.3, -0.25) is 4.90 Å². The molecule has 0 saturated heterocycles. The van der Waals surface area contributed by atoms with Gasteiger partial charge in [-0.05, 0) is 19.1 Å². The van der Waals surface area contributed by atoms with Crippen molar-refractivity contribution in [2.24, 2.45) is 0 Å². The monoisotopic (exact) mass is 292 g/mol. The summed E-state index contributed by atoms with van der Waals surface area (Å²) in [6, 6.07) is 5.95. The minimum Gasteiger partial charge on any atom is -0.478 e. The van der Waals surface area contributed by atoms with Gasteiger partial charge in [0.25, 0.3) is 0 Å². The molecule has 0 aliphatic rings. The van der Waals surface area contributed by atoms with Gasteiger partial charge in [-0.1, -0.05) is 24.3 Å². The number of ether oxygens (including phenoxy) is 1. The average Bonchev–Trinajstić information content (AvgIpc) is 2.45. The maximum absolute atomic E-state index is 12.0. The number of nitrogens with zero attached hydrogens (tertiary/aromatic N) is 1. The van der Waals surface area contributed by atoms with E-state index in [-0.39, 0.29) is 11.6 Å². The van der Waals surface area contributed by atoms with Crippen LogP contribution in [0.15, 0.2) is 36.4 Å². The number of carbonyl (C=O) groups excluding carboxylic acids is 1. The minimum atomic E-state index is -1.07. The fourth-order valence-corrected chi connectivity index (χ4v) is 1.65. The van der Waals surface area contributed by atoms with E-state index in [1.807, 2.05) is 6.92 Å². The smallest absolute Gasteiger partial charge is 0.337 e. The van der Waals surface area contributed by atoms with Crippen molar-refractivity contribution in [3.05, 3.63) is 42.0 Å². The Labute approximate surface area is 124 Å². The number of hydrogen-bond donors (Lipinski definition) is 2. The number of carboxylic acids is 1. The molecule has 0 saturated carbocycles. The van der Waals surface area contributed by atoms with Gasteiger partial charge in [0.1, 0.15) is 0 Å². The standard InChI is InChI=1S/C15H20N2O4/c1-11(2)10-21-9-8-16-15(20)17(3)13-7-5-4-6-12(13)14(18)19/h4-7H,1,8-10H2,2-3H3,(H,16,20)(H,18,19). The van der Waals surface area contributed by atoms with Crippen molar-refractivity contribution in [3.8, 4) is 0 Å². The van der Waals surface area contributed by atoms with Crippen molar-refractivity contribution < 1.29 is 19.4 Å². The third kappa shape index (κ3) is 5.27. The normalized spacial score (nSPS) is 10.0. The maximum atomic E-state index is 12.0. The van der Waals surface area contributed by atoms with E-state index < -0.39 is 5.97 Å². The number of carbonyl (C=O) groups is 2. The lowest BCUT2D eigenvalue weighted by molar-refractivity contribution is 0.0697. The van der Waals surface area contributed by atoms with E-state index in [9.17, 15) is 9.59 Å². The van der Waals surface area contributed by atoms with Crippen LogP contribution in [0.5, 0.6) is 0 Å². The molecule has 0 aromatic heterocycles. The quantitative estimate of drug-likeness (QED) is 0.596. The molecule has 0 spiro atoms. The molecule has 0 bridgehead atoms. The van der Waals surface area contributed by atoms with E-state index in [1.165, 1.54) is 18.0 Å². The van der Waals surface area contributed by atoms with Crippen LogP contribution in [-0.2, 0) is 4.74 Å². The number of carboxylic acid groups (broad SMARTS) is 1. The number of aromatic carboxylic acids is 1. The Balaban J connectivity index is 2.55. The summed E-state index contributed by atoms with van der Waals surface area (Å²) >= 11 is 0. The first-order valence-corrected chi connectivity index (χ1v) is 6.49. The van der Waals surface area contributed by atoms with Gasteiger partial charge in [0.05, 0.1) is 24.5 Å². The first kappa shape index (κ1) is 16.7. The Hall–Kier alpha value is -2.34. The Bertz CT molecular complexity index is 528. The second kappa shape index (κ2) is 8.06. The highest BCUT2D eigenvalue weighted by Gasteiger charge is 2.17. The summed E-state index contributed by atoms with van der Waals surface area (Å²) in [4.78, 5) is 24.4. The highest BCUT2D eigenvalue weighted by molar-refractivity contribution is 6.01. The summed E-state index contributed by atoms with van der Waals surface area (Å²) in [6.07, 6.45) is 0.